The third kappa shape index (κ3) is 3.66. The van der Waals surface area contributed by atoms with Crippen LogP contribution >= 0.6 is 0 Å². The van der Waals surface area contributed by atoms with E-state index in [4.69, 9.17) is 9.84 Å². The Morgan fingerprint density at radius 3 is 2.21 bits per heavy atom. The zero-order valence-corrected chi connectivity index (χ0v) is 9.51. The summed E-state index contributed by atoms with van der Waals surface area (Å²) in [5.41, 5.74) is -0.531. The molecule has 0 fully saturated rings. The van der Waals surface area contributed by atoms with Crippen molar-refractivity contribution in [2.75, 3.05) is 13.2 Å². The summed E-state index contributed by atoms with van der Waals surface area (Å²) in [7, 11) is 0. The van der Waals surface area contributed by atoms with Gasteiger partial charge in [0.2, 0.25) is 0 Å². The van der Waals surface area contributed by atoms with Gasteiger partial charge in [-0.2, -0.15) is 0 Å². The number of hydrogen-bond donors (Lipinski definition) is 1. The van der Waals surface area contributed by atoms with E-state index in [2.05, 4.69) is 0 Å². The van der Waals surface area contributed by atoms with Gasteiger partial charge in [-0.1, -0.05) is 13.8 Å². The van der Waals surface area contributed by atoms with Crippen molar-refractivity contribution in [3.63, 3.8) is 0 Å². The second-order valence-corrected chi connectivity index (χ2v) is 3.59. The average Bonchev–Trinajstić information content (AvgIpc) is 2.18. The molecule has 0 saturated carbocycles. The molecule has 0 aromatic rings. The lowest BCUT2D eigenvalue weighted by Gasteiger charge is -2.26. The summed E-state index contributed by atoms with van der Waals surface area (Å²) in [6.07, 6.45) is 2.95. The zero-order valence-electron chi connectivity index (χ0n) is 9.51. The van der Waals surface area contributed by atoms with Crippen LogP contribution in [-0.4, -0.2) is 24.3 Å². The highest BCUT2D eigenvalue weighted by molar-refractivity contribution is 5.74. The Bertz CT molecular complexity index is 162. The van der Waals surface area contributed by atoms with Crippen LogP contribution in [0.5, 0.6) is 0 Å². The summed E-state index contributed by atoms with van der Waals surface area (Å²) >= 11 is 0. The van der Waals surface area contributed by atoms with E-state index in [1.807, 2.05) is 20.8 Å². The maximum atomic E-state index is 11.1. The predicted molar refractivity (Wildman–Crippen MR) is 56.4 cm³/mol. The molecule has 0 spiro atoms. The van der Waals surface area contributed by atoms with Gasteiger partial charge in [-0.15, -0.1) is 0 Å². The minimum absolute atomic E-state index is 0.531. The van der Waals surface area contributed by atoms with Crippen molar-refractivity contribution < 1.29 is 14.6 Å². The molecule has 0 aliphatic carbocycles. The van der Waals surface area contributed by atoms with Gasteiger partial charge in [-0.3, -0.25) is 4.79 Å². The molecule has 0 aromatic heterocycles. The van der Waals surface area contributed by atoms with Gasteiger partial charge in [0.05, 0.1) is 5.41 Å². The van der Waals surface area contributed by atoms with Crippen LogP contribution in [0.2, 0.25) is 0 Å². The SMILES string of the molecule is CCOCCCC(CC)(CC)C(=O)O. The number of hydrogen-bond acceptors (Lipinski definition) is 2. The third-order valence-corrected chi connectivity index (χ3v) is 2.96. The molecule has 0 aliphatic rings. The first kappa shape index (κ1) is 13.4. The van der Waals surface area contributed by atoms with E-state index in [1.165, 1.54) is 0 Å². The van der Waals surface area contributed by atoms with Crippen LogP contribution < -0.4 is 0 Å². The Morgan fingerprint density at radius 1 is 1.29 bits per heavy atom. The van der Waals surface area contributed by atoms with Gasteiger partial charge in [-0.25, -0.2) is 0 Å². The third-order valence-electron chi connectivity index (χ3n) is 2.96. The summed E-state index contributed by atoms with van der Waals surface area (Å²) in [5.74, 6) is -0.668. The van der Waals surface area contributed by atoms with E-state index < -0.39 is 11.4 Å². The summed E-state index contributed by atoms with van der Waals surface area (Å²) in [6, 6.07) is 0. The molecule has 0 saturated heterocycles. The van der Waals surface area contributed by atoms with Crippen molar-refractivity contribution in [2.24, 2.45) is 5.41 Å². The molecule has 0 amide bonds. The Balaban J connectivity index is 4.02. The smallest absolute Gasteiger partial charge is 0.309 e. The molecule has 0 bridgehead atoms. The van der Waals surface area contributed by atoms with Gasteiger partial charge in [0.1, 0.15) is 0 Å². The molecular weight excluding hydrogens is 180 g/mol. The molecule has 0 atom stereocenters. The number of aliphatic carboxylic acids is 1. The van der Waals surface area contributed by atoms with Crippen molar-refractivity contribution in [3.05, 3.63) is 0 Å². The van der Waals surface area contributed by atoms with E-state index in [0.717, 1.165) is 12.8 Å². The van der Waals surface area contributed by atoms with Crippen molar-refractivity contribution in [2.45, 2.75) is 46.5 Å². The number of ether oxygens (including phenoxy) is 1. The minimum Gasteiger partial charge on any atom is -0.481 e. The van der Waals surface area contributed by atoms with Gasteiger partial charge in [-0.05, 0) is 32.6 Å². The Labute approximate surface area is 86.5 Å². The highest BCUT2D eigenvalue weighted by Gasteiger charge is 2.33. The molecule has 0 radical (unpaired) electrons. The fourth-order valence-corrected chi connectivity index (χ4v) is 1.67. The molecule has 0 unspecified atom stereocenters. The lowest BCUT2D eigenvalue weighted by molar-refractivity contribution is -0.150. The highest BCUT2D eigenvalue weighted by atomic mass is 16.5. The topological polar surface area (TPSA) is 46.5 Å². The fourth-order valence-electron chi connectivity index (χ4n) is 1.67. The predicted octanol–water partition coefficient (Wildman–Crippen LogP) is 2.69. The maximum Gasteiger partial charge on any atom is 0.309 e. The fraction of sp³-hybridized carbons (Fsp3) is 0.909. The molecule has 3 heteroatoms. The number of rotatable bonds is 8. The van der Waals surface area contributed by atoms with Gasteiger partial charge < -0.3 is 9.84 Å². The zero-order chi connectivity index (χ0) is 11.0. The van der Waals surface area contributed by atoms with Crippen LogP contribution in [0, 0.1) is 5.41 Å². The molecule has 0 aliphatic heterocycles. The van der Waals surface area contributed by atoms with Gasteiger partial charge in [0.15, 0.2) is 0 Å². The first-order chi connectivity index (χ1) is 6.63. The van der Waals surface area contributed by atoms with Crippen molar-refractivity contribution in [1.29, 1.82) is 0 Å². The van der Waals surface area contributed by atoms with Crippen LogP contribution in [0.1, 0.15) is 46.5 Å². The molecule has 3 nitrogen and oxygen atoms in total. The Morgan fingerprint density at radius 2 is 1.86 bits per heavy atom. The van der Waals surface area contributed by atoms with Crippen molar-refractivity contribution >= 4 is 5.97 Å². The summed E-state index contributed by atoms with van der Waals surface area (Å²) in [5, 5.41) is 9.14. The molecular formula is C11H22O3. The molecule has 14 heavy (non-hydrogen) atoms. The Kier molecular flexibility index (Phi) is 6.54. The maximum absolute atomic E-state index is 11.1. The first-order valence-electron chi connectivity index (χ1n) is 5.44. The lowest BCUT2D eigenvalue weighted by Crippen LogP contribution is -2.29. The molecule has 0 aromatic carbocycles. The first-order valence-corrected chi connectivity index (χ1v) is 5.44. The second-order valence-electron chi connectivity index (χ2n) is 3.59. The number of carboxylic acids is 1. The summed E-state index contributed by atoms with van der Waals surface area (Å²) in [4.78, 5) is 11.1. The van der Waals surface area contributed by atoms with Gasteiger partial charge >= 0.3 is 5.97 Å². The van der Waals surface area contributed by atoms with E-state index >= 15 is 0 Å². The van der Waals surface area contributed by atoms with Crippen molar-refractivity contribution in [1.82, 2.24) is 0 Å². The summed E-state index contributed by atoms with van der Waals surface area (Å²) in [6.45, 7) is 7.21. The molecule has 0 heterocycles. The monoisotopic (exact) mass is 202 g/mol. The standard InChI is InChI=1S/C11H22O3/c1-4-11(5-2,10(12)13)8-7-9-14-6-3/h4-9H2,1-3H3,(H,12,13). The summed E-state index contributed by atoms with van der Waals surface area (Å²) < 4.78 is 5.20. The van der Waals surface area contributed by atoms with E-state index in [9.17, 15) is 4.79 Å². The molecule has 0 rings (SSSR count). The molecule has 84 valence electrons. The number of carboxylic acid groups (broad SMARTS) is 1. The quantitative estimate of drug-likeness (QED) is 0.615. The van der Waals surface area contributed by atoms with Gasteiger partial charge in [0, 0.05) is 13.2 Å². The lowest BCUT2D eigenvalue weighted by atomic mass is 9.78. The van der Waals surface area contributed by atoms with Crippen LogP contribution in [0.25, 0.3) is 0 Å². The van der Waals surface area contributed by atoms with E-state index in [0.29, 0.717) is 26.1 Å². The van der Waals surface area contributed by atoms with Crippen LogP contribution in [0.15, 0.2) is 0 Å². The van der Waals surface area contributed by atoms with Crippen molar-refractivity contribution in [3.8, 4) is 0 Å². The normalized spacial score (nSPS) is 11.6. The molecule has 1 N–H and O–H groups in total. The van der Waals surface area contributed by atoms with E-state index in [1.54, 1.807) is 0 Å². The van der Waals surface area contributed by atoms with Crippen LogP contribution in [0.3, 0.4) is 0 Å². The second kappa shape index (κ2) is 6.82. The number of carbonyl (C=O) groups is 1. The van der Waals surface area contributed by atoms with Crippen LogP contribution in [-0.2, 0) is 9.53 Å². The Hall–Kier alpha value is -0.570. The highest BCUT2D eigenvalue weighted by Crippen LogP contribution is 2.32. The largest absolute Gasteiger partial charge is 0.481 e. The van der Waals surface area contributed by atoms with E-state index in [-0.39, 0.29) is 0 Å². The van der Waals surface area contributed by atoms with Gasteiger partial charge in [0.25, 0.3) is 0 Å². The average molecular weight is 202 g/mol. The minimum atomic E-state index is -0.668. The van der Waals surface area contributed by atoms with Crippen LogP contribution in [0.4, 0.5) is 0 Å².